The number of carbonyl (C=O) groups is 3. The van der Waals surface area contributed by atoms with E-state index in [1.807, 2.05) is 18.2 Å². The lowest BCUT2D eigenvalue weighted by atomic mass is 10.0. The lowest BCUT2D eigenvalue weighted by Crippen LogP contribution is -2.49. The third-order valence-electron chi connectivity index (χ3n) is 4.29. The first-order valence-electron chi connectivity index (χ1n) is 7.58. The highest BCUT2D eigenvalue weighted by Gasteiger charge is 2.32. The van der Waals surface area contributed by atoms with Gasteiger partial charge in [0.15, 0.2) is 0 Å². The first kappa shape index (κ1) is 15.5. The maximum absolute atomic E-state index is 12.5. The third-order valence-corrected chi connectivity index (χ3v) is 4.29. The van der Waals surface area contributed by atoms with Crippen molar-refractivity contribution in [2.24, 2.45) is 5.73 Å². The molecule has 23 heavy (non-hydrogen) atoms. The summed E-state index contributed by atoms with van der Waals surface area (Å²) in [6, 6.07) is 5.66. The zero-order chi connectivity index (χ0) is 16.6. The molecular formula is C16H19N3O4. The largest absolute Gasteiger partial charge is 0.370 e. The molecule has 0 spiro atoms. The number of rotatable bonds is 3. The molecule has 1 atom stereocenters. The molecule has 1 saturated heterocycles. The van der Waals surface area contributed by atoms with E-state index in [0.29, 0.717) is 31.7 Å². The Balaban J connectivity index is 1.88. The number of amides is 3. The van der Waals surface area contributed by atoms with Crippen LogP contribution >= 0.6 is 0 Å². The number of ether oxygens (including phenoxy) is 1. The number of nitrogens with two attached hydrogens (primary N) is 1. The fraction of sp³-hybridized carbons (Fsp3) is 0.438. The summed E-state index contributed by atoms with van der Waals surface area (Å²) in [6.07, 6.45) is 0.246. The van der Waals surface area contributed by atoms with E-state index in [9.17, 15) is 14.4 Å². The minimum absolute atomic E-state index is 0.0644. The van der Waals surface area contributed by atoms with Crippen LogP contribution in [0.3, 0.4) is 0 Å². The van der Waals surface area contributed by atoms with Gasteiger partial charge < -0.3 is 20.3 Å². The molecule has 3 amide bonds. The van der Waals surface area contributed by atoms with Crippen LogP contribution in [0.25, 0.3) is 0 Å². The maximum atomic E-state index is 12.5. The van der Waals surface area contributed by atoms with Gasteiger partial charge in [0.25, 0.3) is 5.91 Å². The van der Waals surface area contributed by atoms with Crippen molar-refractivity contribution in [1.29, 1.82) is 0 Å². The van der Waals surface area contributed by atoms with E-state index in [2.05, 4.69) is 0 Å². The first-order valence-corrected chi connectivity index (χ1v) is 7.58. The molecule has 122 valence electrons. The smallest absolute Gasteiger partial charge is 0.256 e. The Bertz CT molecular complexity index is 673. The lowest BCUT2D eigenvalue weighted by Gasteiger charge is -2.33. The Labute approximate surface area is 134 Å². The van der Waals surface area contributed by atoms with Crippen molar-refractivity contribution in [3.8, 4) is 0 Å². The molecule has 7 nitrogen and oxygen atoms in total. The molecule has 2 aliphatic rings. The minimum Gasteiger partial charge on any atom is -0.370 e. The fourth-order valence-electron chi connectivity index (χ4n) is 3.01. The van der Waals surface area contributed by atoms with Gasteiger partial charge in [0.1, 0.15) is 6.10 Å². The molecule has 2 aliphatic heterocycles. The van der Waals surface area contributed by atoms with E-state index in [1.165, 1.54) is 0 Å². The monoisotopic (exact) mass is 317 g/mol. The number of anilines is 2. The second kappa shape index (κ2) is 6.00. The van der Waals surface area contributed by atoms with Crippen molar-refractivity contribution in [2.45, 2.75) is 25.4 Å². The number of nitrogens with zero attached hydrogens (tertiary/aromatic N) is 2. The van der Waals surface area contributed by atoms with Crippen molar-refractivity contribution in [2.75, 3.05) is 30.0 Å². The van der Waals surface area contributed by atoms with Crippen molar-refractivity contribution in [3.05, 3.63) is 23.8 Å². The topological polar surface area (TPSA) is 92.9 Å². The van der Waals surface area contributed by atoms with Crippen molar-refractivity contribution >= 4 is 29.1 Å². The summed E-state index contributed by atoms with van der Waals surface area (Å²) in [5.74, 6) is -0.782. The molecule has 1 aromatic rings. The standard InChI is InChI=1S/C16H19N3O4/c1-18-12-8-11(4-2-10(12)3-5-15(18)21)19-6-7-23-13(16(19)22)9-14(17)20/h2,4,8,13H,3,5-7,9H2,1H3,(H2,17,20). The number of hydrogen-bond acceptors (Lipinski definition) is 4. The quantitative estimate of drug-likeness (QED) is 0.862. The van der Waals surface area contributed by atoms with Crippen molar-refractivity contribution in [3.63, 3.8) is 0 Å². The van der Waals surface area contributed by atoms with Gasteiger partial charge in [-0.05, 0) is 24.1 Å². The first-order chi connectivity index (χ1) is 11.0. The molecule has 0 aromatic heterocycles. The Morgan fingerprint density at radius 3 is 2.87 bits per heavy atom. The van der Waals surface area contributed by atoms with Crippen LogP contribution in [0.1, 0.15) is 18.4 Å². The number of aryl methyl sites for hydroxylation is 1. The fourth-order valence-corrected chi connectivity index (χ4v) is 3.01. The van der Waals surface area contributed by atoms with Gasteiger partial charge in [-0.3, -0.25) is 14.4 Å². The average molecular weight is 317 g/mol. The Morgan fingerprint density at radius 1 is 1.35 bits per heavy atom. The Hall–Kier alpha value is -2.41. The zero-order valence-electron chi connectivity index (χ0n) is 12.9. The predicted octanol–water partition coefficient (Wildman–Crippen LogP) is 0.203. The molecular weight excluding hydrogens is 298 g/mol. The molecule has 0 aliphatic carbocycles. The van der Waals surface area contributed by atoms with Crippen LogP contribution in [-0.4, -0.2) is 44.0 Å². The predicted molar refractivity (Wildman–Crippen MR) is 84.1 cm³/mol. The van der Waals surface area contributed by atoms with E-state index in [0.717, 1.165) is 11.3 Å². The summed E-state index contributed by atoms with van der Waals surface area (Å²) in [6.45, 7) is 0.750. The van der Waals surface area contributed by atoms with Crippen LogP contribution in [0.2, 0.25) is 0 Å². The number of primary amides is 1. The van der Waals surface area contributed by atoms with E-state index >= 15 is 0 Å². The number of morpholine rings is 1. The highest BCUT2D eigenvalue weighted by atomic mass is 16.5. The molecule has 1 aromatic carbocycles. The number of hydrogen-bond donors (Lipinski definition) is 1. The lowest BCUT2D eigenvalue weighted by molar-refractivity contribution is -0.138. The summed E-state index contributed by atoms with van der Waals surface area (Å²) in [7, 11) is 1.74. The summed E-state index contributed by atoms with van der Waals surface area (Å²) in [5.41, 5.74) is 7.77. The highest BCUT2D eigenvalue weighted by molar-refractivity contribution is 6.01. The van der Waals surface area contributed by atoms with Crippen molar-refractivity contribution < 1.29 is 19.1 Å². The van der Waals surface area contributed by atoms with Gasteiger partial charge in [-0.2, -0.15) is 0 Å². The van der Waals surface area contributed by atoms with Gasteiger partial charge in [-0.1, -0.05) is 6.07 Å². The van der Waals surface area contributed by atoms with Crippen LogP contribution in [0.4, 0.5) is 11.4 Å². The van der Waals surface area contributed by atoms with Crippen LogP contribution < -0.4 is 15.5 Å². The van der Waals surface area contributed by atoms with Gasteiger partial charge in [0.2, 0.25) is 11.8 Å². The van der Waals surface area contributed by atoms with Gasteiger partial charge in [-0.25, -0.2) is 0 Å². The maximum Gasteiger partial charge on any atom is 0.256 e. The van der Waals surface area contributed by atoms with Crippen LogP contribution in [0.5, 0.6) is 0 Å². The second-order valence-corrected chi connectivity index (χ2v) is 5.79. The number of fused-ring (bicyclic) bond motifs is 1. The molecule has 0 radical (unpaired) electrons. The SMILES string of the molecule is CN1C(=O)CCc2ccc(N3CCOC(CC(N)=O)C3=O)cc21. The minimum atomic E-state index is -0.836. The summed E-state index contributed by atoms with van der Waals surface area (Å²) < 4.78 is 5.35. The molecule has 3 rings (SSSR count). The molecule has 2 heterocycles. The van der Waals surface area contributed by atoms with Crippen LogP contribution in [-0.2, 0) is 25.5 Å². The Morgan fingerprint density at radius 2 is 2.13 bits per heavy atom. The van der Waals surface area contributed by atoms with Gasteiger partial charge in [0.05, 0.1) is 13.0 Å². The molecule has 2 N–H and O–H groups in total. The van der Waals surface area contributed by atoms with Crippen molar-refractivity contribution in [1.82, 2.24) is 0 Å². The number of carbonyl (C=O) groups excluding carboxylic acids is 3. The summed E-state index contributed by atoms with van der Waals surface area (Å²) in [4.78, 5) is 38.6. The molecule has 1 unspecified atom stereocenters. The molecule has 1 fully saturated rings. The van der Waals surface area contributed by atoms with E-state index in [4.69, 9.17) is 10.5 Å². The van der Waals surface area contributed by atoms with Gasteiger partial charge >= 0.3 is 0 Å². The zero-order valence-corrected chi connectivity index (χ0v) is 12.9. The second-order valence-electron chi connectivity index (χ2n) is 5.79. The normalized spacial score (nSPS) is 21.3. The molecule has 0 saturated carbocycles. The van der Waals surface area contributed by atoms with E-state index < -0.39 is 12.0 Å². The Kier molecular flexibility index (Phi) is 4.04. The van der Waals surface area contributed by atoms with Crippen LogP contribution in [0.15, 0.2) is 18.2 Å². The average Bonchev–Trinajstić information content (AvgIpc) is 2.52. The van der Waals surface area contributed by atoms with Crippen LogP contribution in [0, 0.1) is 0 Å². The van der Waals surface area contributed by atoms with E-state index in [-0.39, 0.29) is 18.2 Å². The van der Waals surface area contributed by atoms with Gasteiger partial charge in [0, 0.05) is 31.4 Å². The summed E-state index contributed by atoms with van der Waals surface area (Å²) >= 11 is 0. The summed E-state index contributed by atoms with van der Waals surface area (Å²) in [5, 5.41) is 0. The van der Waals surface area contributed by atoms with E-state index in [1.54, 1.807) is 16.8 Å². The van der Waals surface area contributed by atoms with Gasteiger partial charge in [-0.15, -0.1) is 0 Å². The number of benzene rings is 1. The molecule has 7 heteroatoms. The highest BCUT2D eigenvalue weighted by Crippen LogP contribution is 2.32. The third kappa shape index (κ3) is 2.92. The molecule has 0 bridgehead atoms.